The second-order valence-electron chi connectivity index (χ2n) is 7.06. The van der Waals surface area contributed by atoms with Crippen molar-refractivity contribution in [2.75, 3.05) is 5.43 Å². The van der Waals surface area contributed by atoms with Crippen molar-refractivity contribution < 1.29 is 18.7 Å². The molecule has 3 rings (SSSR count). The summed E-state index contributed by atoms with van der Waals surface area (Å²) in [4.78, 5) is 30.4. The van der Waals surface area contributed by atoms with Gasteiger partial charge in [-0.15, -0.1) is 0 Å². The summed E-state index contributed by atoms with van der Waals surface area (Å²) in [5, 5.41) is 10.8. The Morgan fingerprint density at radius 1 is 1.41 bits per heavy atom. The average molecular weight is 394 g/mol. The van der Waals surface area contributed by atoms with Gasteiger partial charge in [0, 0.05) is 11.1 Å². The number of rotatable bonds is 7. The van der Waals surface area contributed by atoms with Gasteiger partial charge in [-0.25, -0.2) is 4.98 Å². The fourth-order valence-electron chi connectivity index (χ4n) is 2.63. The van der Waals surface area contributed by atoms with Gasteiger partial charge in [0.1, 0.15) is 12.1 Å². The lowest BCUT2D eigenvalue weighted by atomic mass is 9.89. The van der Waals surface area contributed by atoms with Crippen LogP contribution in [0.4, 0.5) is 5.82 Å². The fourth-order valence-corrected chi connectivity index (χ4v) is 2.63. The Kier molecular flexibility index (Phi) is 5.40. The molecule has 0 aliphatic rings. The molecule has 0 saturated heterocycles. The van der Waals surface area contributed by atoms with Crippen LogP contribution in [-0.4, -0.2) is 33.3 Å². The number of H-pyrrole nitrogens is 1. The van der Waals surface area contributed by atoms with Crippen molar-refractivity contribution in [3.05, 3.63) is 52.8 Å². The predicted molar refractivity (Wildman–Crippen MR) is 104 cm³/mol. The number of anilines is 1. The fraction of sp³-hybridized carbons (Fsp3) is 0.263. The molecule has 0 saturated carbocycles. The van der Waals surface area contributed by atoms with Crippen molar-refractivity contribution in [2.45, 2.75) is 32.8 Å². The van der Waals surface area contributed by atoms with Crippen molar-refractivity contribution >= 4 is 35.0 Å². The van der Waals surface area contributed by atoms with Crippen molar-refractivity contribution in [2.24, 2.45) is 5.10 Å². The molecule has 2 N–H and O–H groups in total. The van der Waals surface area contributed by atoms with Crippen LogP contribution in [0.15, 0.2) is 33.8 Å². The van der Waals surface area contributed by atoms with Crippen molar-refractivity contribution in [1.82, 2.24) is 15.2 Å². The Morgan fingerprint density at radius 3 is 2.83 bits per heavy atom. The van der Waals surface area contributed by atoms with E-state index < -0.39 is 11.6 Å². The van der Waals surface area contributed by atoms with Crippen LogP contribution in [0.25, 0.3) is 15.9 Å². The molecular formula is C19H18N6O4. The first-order valence-electron chi connectivity index (χ1n) is 8.59. The van der Waals surface area contributed by atoms with Gasteiger partial charge >= 0.3 is 5.84 Å². The third-order valence-corrected chi connectivity index (χ3v) is 3.98. The monoisotopic (exact) mass is 394 g/mol. The highest BCUT2D eigenvalue weighted by molar-refractivity contribution is 6.47. The topological polar surface area (TPSA) is 127 Å². The number of ketones is 1. The Balaban J connectivity index is 1.88. The first-order valence-corrected chi connectivity index (χ1v) is 8.59. The predicted octanol–water partition coefficient (Wildman–Crippen LogP) is 3.05. The van der Waals surface area contributed by atoms with Gasteiger partial charge in [0.15, 0.2) is 11.4 Å². The lowest BCUT2D eigenvalue weighted by Crippen LogP contribution is -2.15. The summed E-state index contributed by atoms with van der Waals surface area (Å²) in [5.41, 5.74) is 4.51. The highest BCUT2D eigenvalue weighted by atomic mass is 16.5. The van der Waals surface area contributed by atoms with Crippen LogP contribution in [0.5, 0.6) is 0 Å². The molecule has 0 atom stereocenters. The number of aromatic amines is 1. The number of fused-ring (bicyclic) bond motifs is 1. The van der Waals surface area contributed by atoms with Gasteiger partial charge in [0.05, 0.1) is 5.56 Å². The van der Waals surface area contributed by atoms with E-state index in [1.165, 1.54) is 0 Å². The summed E-state index contributed by atoms with van der Waals surface area (Å²) < 4.78 is 10.3. The zero-order valence-electron chi connectivity index (χ0n) is 16.0. The van der Waals surface area contributed by atoms with Crippen LogP contribution in [-0.2, 0) is 21.6 Å². The molecule has 0 unspecified atom stereocenters. The maximum Gasteiger partial charge on any atom is 0.346 e. The smallest absolute Gasteiger partial charge is 0.346 e. The molecule has 0 aliphatic heterocycles. The van der Waals surface area contributed by atoms with Crippen LogP contribution in [0, 0.1) is 6.57 Å². The Labute approximate surface area is 165 Å². The number of nitrogens with one attached hydrogen (secondary N) is 2. The van der Waals surface area contributed by atoms with E-state index in [1.807, 2.05) is 20.8 Å². The van der Waals surface area contributed by atoms with E-state index in [0.717, 1.165) is 5.69 Å². The van der Waals surface area contributed by atoms with Gasteiger partial charge in [-0.3, -0.25) is 14.7 Å². The average Bonchev–Trinajstić information content (AvgIpc) is 3.30. The molecule has 10 nitrogen and oxygen atoms in total. The van der Waals surface area contributed by atoms with E-state index in [9.17, 15) is 9.59 Å². The highest BCUT2D eigenvalue weighted by Gasteiger charge is 2.26. The van der Waals surface area contributed by atoms with Gasteiger partial charge in [-0.2, -0.15) is 10.5 Å². The molecule has 0 aliphatic carbocycles. The summed E-state index contributed by atoms with van der Waals surface area (Å²) in [6.45, 7) is 13.4. The lowest BCUT2D eigenvalue weighted by molar-refractivity contribution is -0.129. The second-order valence-corrected chi connectivity index (χ2v) is 7.06. The molecule has 0 bridgehead atoms. The van der Waals surface area contributed by atoms with E-state index in [-0.39, 0.29) is 23.7 Å². The highest BCUT2D eigenvalue weighted by Crippen LogP contribution is 2.29. The second kappa shape index (κ2) is 7.93. The summed E-state index contributed by atoms with van der Waals surface area (Å²) in [7, 11) is 0. The van der Waals surface area contributed by atoms with Crippen LogP contribution in [0.3, 0.4) is 0 Å². The van der Waals surface area contributed by atoms with Crippen molar-refractivity contribution in [3.63, 3.8) is 0 Å². The molecule has 2 heterocycles. The number of ether oxygens (including phenoxy) is 1. The maximum absolute atomic E-state index is 12.5. The summed E-state index contributed by atoms with van der Waals surface area (Å²) in [5.74, 6) is -1.23. The number of para-hydroxylation sites is 2. The number of hydrogen-bond acceptors (Lipinski definition) is 8. The maximum atomic E-state index is 12.5. The van der Waals surface area contributed by atoms with Crippen LogP contribution in [0.1, 0.15) is 42.7 Å². The minimum atomic E-state index is -0.763. The van der Waals surface area contributed by atoms with E-state index in [0.29, 0.717) is 23.1 Å². The van der Waals surface area contributed by atoms with E-state index in [1.54, 1.807) is 24.3 Å². The van der Waals surface area contributed by atoms with Crippen molar-refractivity contribution in [3.8, 4) is 0 Å². The number of nitrogens with zero attached hydrogens (tertiary/aromatic N) is 4. The number of carbonyl (C=O) groups is 2. The molecule has 0 spiro atoms. The lowest BCUT2D eigenvalue weighted by Gasteiger charge is -2.18. The molecule has 10 heteroatoms. The standard InChI is InChI=1S/C19H18N6O4/c1-19(2,3)15-11(9-28-10-26)16(23-22-15)24-25-17(20-4)14(27)18-21-12-7-5-6-8-13(12)29-18/h5-8,10H,9H2,1-3H3,(H2,22,23,24). The minimum Gasteiger partial charge on any atom is -0.463 e. The number of aromatic nitrogens is 3. The minimum absolute atomic E-state index is 0.0448. The van der Waals surface area contributed by atoms with Crippen molar-refractivity contribution in [1.29, 1.82) is 0 Å². The Morgan fingerprint density at radius 2 is 2.17 bits per heavy atom. The summed E-state index contributed by atoms with van der Waals surface area (Å²) >= 11 is 0. The van der Waals surface area contributed by atoms with Gasteiger partial charge in [-0.05, 0) is 17.2 Å². The van der Waals surface area contributed by atoms with Crippen LogP contribution in [0.2, 0.25) is 0 Å². The zero-order chi connectivity index (χ0) is 21.0. The van der Waals surface area contributed by atoms with E-state index >= 15 is 0 Å². The molecule has 148 valence electrons. The van der Waals surface area contributed by atoms with Gasteiger partial charge in [0.25, 0.3) is 18.1 Å². The number of oxazole rings is 1. The first kappa shape index (κ1) is 19.8. The number of benzene rings is 1. The van der Waals surface area contributed by atoms with Crippen LogP contribution < -0.4 is 5.43 Å². The molecule has 29 heavy (non-hydrogen) atoms. The number of amidine groups is 1. The summed E-state index contributed by atoms with van der Waals surface area (Å²) in [6, 6.07) is 6.88. The molecule has 3 aromatic rings. The quantitative estimate of drug-likeness (QED) is 0.157. The SMILES string of the molecule is [C-]#[N+]C(=NNc1n[nH]c(C(C)(C)C)c1COC=O)C(=O)c1nc2ccccc2o1. The largest absolute Gasteiger partial charge is 0.463 e. The Hall–Kier alpha value is -4.00. The third-order valence-electron chi connectivity index (χ3n) is 3.98. The molecular weight excluding hydrogens is 376 g/mol. The molecule has 1 aromatic carbocycles. The number of Topliss-reactive ketones (excluding diaryl/α,β-unsaturated/α-hetero) is 1. The molecule has 0 fully saturated rings. The van der Waals surface area contributed by atoms with Gasteiger partial charge in [0.2, 0.25) is 0 Å². The normalized spacial score (nSPS) is 11.9. The zero-order valence-corrected chi connectivity index (χ0v) is 16.0. The number of carbonyl (C=O) groups excluding carboxylic acids is 2. The molecule has 2 aromatic heterocycles. The number of hydrogen-bond donors (Lipinski definition) is 2. The molecule has 0 amide bonds. The van der Waals surface area contributed by atoms with Crippen LogP contribution >= 0.6 is 0 Å². The third kappa shape index (κ3) is 4.14. The van der Waals surface area contributed by atoms with E-state index in [2.05, 4.69) is 30.6 Å². The first-order chi connectivity index (χ1) is 13.8. The van der Waals surface area contributed by atoms with E-state index in [4.69, 9.17) is 15.7 Å². The molecule has 0 radical (unpaired) electrons. The Bertz CT molecular complexity index is 1100. The summed E-state index contributed by atoms with van der Waals surface area (Å²) in [6.07, 6.45) is 0. The van der Waals surface area contributed by atoms with Gasteiger partial charge in [-0.1, -0.05) is 39.5 Å². The number of hydrazone groups is 1. The van der Waals surface area contributed by atoms with Gasteiger partial charge < -0.3 is 14.0 Å².